The first-order valence-electron chi connectivity index (χ1n) is 5.82. The van der Waals surface area contributed by atoms with Crippen molar-refractivity contribution in [2.45, 2.75) is 38.9 Å². The SMILES string of the molecule is CCC(CC)(OC)c1nc(COC)c(C(=O)O)s1. The van der Waals surface area contributed by atoms with Crippen LogP contribution in [0.4, 0.5) is 0 Å². The van der Waals surface area contributed by atoms with Crippen LogP contribution in [0.25, 0.3) is 0 Å². The van der Waals surface area contributed by atoms with Gasteiger partial charge in [0.2, 0.25) is 0 Å². The van der Waals surface area contributed by atoms with E-state index < -0.39 is 11.6 Å². The lowest BCUT2D eigenvalue weighted by Crippen LogP contribution is -2.26. The Balaban J connectivity index is 3.25. The molecule has 1 aromatic heterocycles. The van der Waals surface area contributed by atoms with Crippen molar-refractivity contribution < 1.29 is 19.4 Å². The molecule has 0 aromatic carbocycles. The number of nitrogens with zero attached hydrogens (tertiary/aromatic N) is 1. The van der Waals surface area contributed by atoms with Gasteiger partial charge in [-0.15, -0.1) is 11.3 Å². The molecule has 0 aliphatic heterocycles. The first-order chi connectivity index (χ1) is 8.54. The molecule has 5 nitrogen and oxygen atoms in total. The Kier molecular flexibility index (Phi) is 5.25. The molecule has 1 aromatic rings. The average Bonchev–Trinajstić information content (AvgIpc) is 2.77. The fourth-order valence-electron chi connectivity index (χ4n) is 1.88. The fraction of sp³-hybridized carbons (Fsp3) is 0.667. The number of aromatic nitrogens is 1. The van der Waals surface area contributed by atoms with E-state index in [0.29, 0.717) is 10.7 Å². The fourth-order valence-corrected chi connectivity index (χ4v) is 3.09. The Labute approximate surface area is 111 Å². The second-order valence-corrected chi connectivity index (χ2v) is 4.94. The van der Waals surface area contributed by atoms with E-state index in [0.717, 1.165) is 12.8 Å². The molecule has 0 saturated carbocycles. The minimum absolute atomic E-state index is 0.200. The molecule has 102 valence electrons. The molecule has 18 heavy (non-hydrogen) atoms. The van der Waals surface area contributed by atoms with Crippen LogP contribution in [0.15, 0.2) is 0 Å². The van der Waals surface area contributed by atoms with Crippen LogP contribution in [0, 0.1) is 0 Å². The Bertz CT molecular complexity index is 404. The molecule has 0 radical (unpaired) electrons. The zero-order chi connectivity index (χ0) is 13.8. The minimum Gasteiger partial charge on any atom is -0.477 e. The van der Waals surface area contributed by atoms with E-state index in [2.05, 4.69) is 4.98 Å². The van der Waals surface area contributed by atoms with E-state index in [1.54, 1.807) is 7.11 Å². The van der Waals surface area contributed by atoms with E-state index in [1.165, 1.54) is 18.4 Å². The Hall–Kier alpha value is -0.980. The van der Waals surface area contributed by atoms with Crippen LogP contribution in [-0.2, 0) is 21.7 Å². The van der Waals surface area contributed by atoms with Crippen LogP contribution < -0.4 is 0 Å². The number of thiazole rings is 1. The summed E-state index contributed by atoms with van der Waals surface area (Å²) < 4.78 is 10.5. The maximum atomic E-state index is 11.2. The van der Waals surface area contributed by atoms with Crippen molar-refractivity contribution in [3.63, 3.8) is 0 Å². The molecule has 0 aliphatic rings. The number of methoxy groups -OCH3 is 2. The van der Waals surface area contributed by atoms with Crippen molar-refractivity contribution in [1.29, 1.82) is 0 Å². The zero-order valence-corrected chi connectivity index (χ0v) is 12.0. The van der Waals surface area contributed by atoms with E-state index in [4.69, 9.17) is 14.6 Å². The van der Waals surface area contributed by atoms with Gasteiger partial charge in [-0.3, -0.25) is 0 Å². The van der Waals surface area contributed by atoms with E-state index in [1.807, 2.05) is 13.8 Å². The third-order valence-corrected chi connectivity index (χ3v) is 4.37. The molecule has 1 heterocycles. The highest BCUT2D eigenvalue weighted by Crippen LogP contribution is 2.36. The first kappa shape index (κ1) is 15.1. The predicted octanol–water partition coefficient (Wildman–Crippen LogP) is 2.65. The molecule has 1 rings (SSSR count). The van der Waals surface area contributed by atoms with Gasteiger partial charge in [-0.05, 0) is 12.8 Å². The molecular weight excluding hydrogens is 254 g/mol. The van der Waals surface area contributed by atoms with Crippen molar-refractivity contribution >= 4 is 17.3 Å². The third kappa shape index (κ3) is 2.71. The van der Waals surface area contributed by atoms with Gasteiger partial charge in [0.25, 0.3) is 0 Å². The largest absolute Gasteiger partial charge is 0.477 e. The van der Waals surface area contributed by atoms with Gasteiger partial charge in [0.05, 0.1) is 12.3 Å². The van der Waals surface area contributed by atoms with Crippen molar-refractivity contribution in [2.75, 3.05) is 14.2 Å². The number of hydrogen-bond donors (Lipinski definition) is 1. The van der Waals surface area contributed by atoms with Gasteiger partial charge in [-0.25, -0.2) is 9.78 Å². The maximum absolute atomic E-state index is 11.2. The van der Waals surface area contributed by atoms with Crippen LogP contribution in [0.5, 0.6) is 0 Å². The summed E-state index contributed by atoms with van der Waals surface area (Å²) in [6.45, 7) is 4.21. The van der Waals surface area contributed by atoms with Gasteiger partial charge in [-0.2, -0.15) is 0 Å². The summed E-state index contributed by atoms with van der Waals surface area (Å²) in [5.74, 6) is -0.969. The second-order valence-electron chi connectivity index (χ2n) is 3.94. The standard InChI is InChI=1S/C12H19NO4S/c1-5-12(6-2,17-4)11-13-8(7-16-3)9(18-11)10(14)15/h5-7H2,1-4H3,(H,14,15). The van der Waals surface area contributed by atoms with Gasteiger partial charge >= 0.3 is 5.97 Å². The quantitative estimate of drug-likeness (QED) is 0.827. The van der Waals surface area contributed by atoms with Gasteiger partial charge < -0.3 is 14.6 Å². The number of carbonyl (C=O) groups is 1. The predicted molar refractivity (Wildman–Crippen MR) is 69.1 cm³/mol. The Morgan fingerprint density at radius 1 is 1.39 bits per heavy atom. The van der Waals surface area contributed by atoms with Crippen LogP contribution in [0.3, 0.4) is 0 Å². The topological polar surface area (TPSA) is 68.7 Å². The van der Waals surface area contributed by atoms with Crippen LogP contribution in [0.1, 0.15) is 47.1 Å². The molecule has 0 atom stereocenters. The maximum Gasteiger partial charge on any atom is 0.347 e. The molecule has 0 spiro atoms. The molecule has 0 bridgehead atoms. The second kappa shape index (κ2) is 6.26. The highest BCUT2D eigenvalue weighted by atomic mass is 32.1. The molecule has 0 fully saturated rings. The van der Waals surface area contributed by atoms with Crippen molar-refractivity contribution in [3.8, 4) is 0 Å². The normalized spacial score (nSPS) is 11.8. The number of rotatable bonds is 7. The van der Waals surface area contributed by atoms with Crippen molar-refractivity contribution in [3.05, 3.63) is 15.6 Å². The minimum atomic E-state index is -0.969. The molecular formula is C12H19NO4S. The summed E-state index contributed by atoms with van der Waals surface area (Å²) in [7, 11) is 3.15. The number of carboxylic acids is 1. The number of aromatic carboxylic acids is 1. The highest BCUT2D eigenvalue weighted by molar-refractivity contribution is 7.13. The van der Waals surface area contributed by atoms with Crippen LogP contribution in [0.2, 0.25) is 0 Å². The zero-order valence-electron chi connectivity index (χ0n) is 11.1. The lowest BCUT2D eigenvalue weighted by atomic mass is 9.98. The Morgan fingerprint density at radius 3 is 2.39 bits per heavy atom. The smallest absolute Gasteiger partial charge is 0.347 e. The van der Waals surface area contributed by atoms with Gasteiger partial charge in [0.1, 0.15) is 15.5 Å². The van der Waals surface area contributed by atoms with Crippen LogP contribution in [-0.4, -0.2) is 30.3 Å². The third-order valence-electron chi connectivity index (χ3n) is 3.10. The lowest BCUT2D eigenvalue weighted by Gasteiger charge is -2.27. The summed E-state index contributed by atoms with van der Waals surface area (Å²) in [6, 6.07) is 0. The summed E-state index contributed by atoms with van der Waals surface area (Å²) in [4.78, 5) is 15.8. The van der Waals surface area contributed by atoms with Gasteiger partial charge in [0, 0.05) is 14.2 Å². The first-order valence-corrected chi connectivity index (χ1v) is 6.63. The van der Waals surface area contributed by atoms with Gasteiger partial charge in [-0.1, -0.05) is 13.8 Å². The molecule has 0 amide bonds. The molecule has 0 aliphatic carbocycles. The summed E-state index contributed by atoms with van der Waals surface area (Å²) in [5, 5.41) is 9.87. The highest BCUT2D eigenvalue weighted by Gasteiger charge is 2.33. The van der Waals surface area contributed by atoms with E-state index in [-0.39, 0.29) is 11.5 Å². The lowest BCUT2D eigenvalue weighted by molar-refractivity contribution is -0.0221. The molecule has 6 heteroatoms. The van der Waals surface area contributed by atoms with E-state index in [9.17, 15) is 4.79 Å². The van der Waals surface area contributed by atoms with E-state index >= 15 is 0 Å². The molecule has 0 saturated heterocycles. The average molecular weight is 273 g/mol. The molecule has 0 unspecified atom stereocenters. The molecule has 1 N–H and O–H groups in total. The number of ether oxygens (including phenoxy) is 2. The Morgan fingerprint density at radius 2 is 2.00 bits per heavy atom. The monoisotopic (exact) mass is 273 g/mol. The van der Waals surface area contributed by atoms with Crippen LogP contribution >= 0.6 is 11.3 Å². The summed E-state index contributed by atoms with van der Waals surface area (Å²) in [6.07, 6.45) is 1.50. The number of carboxylic acid groups (broad SMARTS) is 1. The van der Waals surface area contributed by atoms with Crippen molar-refractivity contribution in [1.82, 2.24) is 4.98 Å². The van der Waals surface area contributed by atoms with Gasteiger partial charge in [0.15, 0.2) is 0 Å². The summed E-state index contributed by atoms with van der Waals surface area (Å²) in [5.41, 5.74) is -0.0331. The number of hydrogen-bond acceptors (Lipinski definition) is 5. The van der Waals surface area contributed by atoms with Crippen molar-refractivity contribution in [2.24, 2.45) is 0 Å². The summed E-state index contributed by atoms with van der Waals surface area (Å²) >= 11 is 1.17.